The van der Waals surface area contributed by atoms with Crippen LogP contribution in [0.4, 0.5) is 38.0 Å². The number of aliphatic carboxylic acids is 1. The highest BCUT2D eigenvalue weighted by molar-refractivity contribution is 6.31. The third-order valence-electron chi connectivity index (χ3n) is 7.14. The molecule has 0 saturated carbocycles. The van der Waals surface area contributed by atoms with Crippen LogP contribution in [0, 0.1) is 5.92 Å². The van der Waals surface area contributed by atoms with Crippen molar-refractivity contribution in [3.63, 3.8) is 0 Å². The molecular weight excluding hydrogens is 574 g/mol. The van der Waals surface area contributed by atoms with Gasteiger partial charge >= 0.3 is 24.2 Å². The molecule has 4 rings (SSSR count). The summed E-state index contributed by atoms with van der Waals surface area (Å²) in [6.45, 7) is 0.736. The zero-order valence-electron chi connectivity index (χ0n) is 22.2. The second-order valence-corrected chi connectivity index (χ2v) is 10.0. The van der Waals surface area contributed by atoms with Gasteiger partial charge in [-0.05, 0) is 37.0 Å². The molecule has 228 valence electrons. The van der Waals surface area contributed by atoms with E-state index < -0.39 is 41.5 Å². The van der Waals surface area contributed by atoms with Crippen LogP contribution in [0.25, 0.3) is 0 Å². The molecule has 1 aromatic heterocycles. The zero-order chi connectivity index (χ0) is 30.7. The van der Waals surface area contributed by atoms with Crippen LogP contribution in [0.1, 0.15) is 29.8 Å². The van der Waals surface area contributed by atoms with E-state index in [-0.39, 0.29) is 56.8 Å². The fraction of sp³-hybridized carbons (Fsp3) is 0.500. The third kappa shape index (κ3) is 7.59. The number of rotatable bonds is 6. The Morgan fingerprint density at radius 2 is 1.50 bits per heavy atom. The summed E-state index contributed by atoms with van der Waals surface area (Å²) in [5.74, 6) is -4.99. The van der Waals surface area contributed by atoms with Gasteiger partial charge in [-0.3, -0.25) is 9.59 Å². The van der Waals surface area contributed by atoms with E-state index in [0.717, 1.165) is 17.0 Å². The summed E-state index contributed by atoms with van der Waals surface area (Å²) >= 11 is 0. The predicted molar refractivity (Wildman–Crippen MR) is 137 cm³/mol. The summed E-state index contributed by atoms with van der Waals surface area (Å²) in [5, 5.41) is 11.7. The van der Waals surface area contributed by atoms with Crippen molar-refractivity contribution in [3.05, 3.63) is 47.3 Å². The number of carbonyl (C=O) groups is 3. The molecule has 1 atom stereocenters. The molecule has 0 aliphatic carbocycles. The molecule has 2 N–H and O–H groups in total. The summed E-state index contributed by atoms with van der Waals surface area (Å²) in [6.07, 6.45) is -7.99. The molecular formula is C26H28F6N6O4. The molecule has 0 bridgehead atoms. The molecule has 1 aromatic carbocycles. The largest absolute Gasteiger partial charge is 0.474 e. The van der Waals surface area contributed by atoms with Crippen molar-refractivity contribution in [1.29, 1.82) is 0 Å². The van der Waals surface area contributed by atoms with E-state index in [2.05, 4.69) is 15.3 Å². The minimum absolute atomic E-state index is 0.00967. The highest BCUT2D eigenvalue weighted by Gasteiger charge is 2.38. The summed E-state index contributed by atoms with van der Waals surface area (Å²) in [7, 11) is 0. The van der Waals surface area contributed by atoms with Crippen LogP contribution in [-0.4, -0.2) is 83.6 Å². The summed E-state index contributed by atoms with van der Waals surface area (Å²) in [5.41, 5.74) is -0.162. The van der Waals surface area contributed by atoms with Crippen LogP contribution in [0.3, 0.4) is 0 Å². The fourth-order valence-corrected chi connectivity index (χ4v) is 4.88. The number of nitrogens with zero attached hydrogens (tertiary/aromatic N) is 5. The molecule has 2 saturated heterocycles. The van der Waals surface area contributed by atoms with Gasteiger partial charge < -0.3 is 25.1 Å². The van der Waals surface area contributed by atoms with Crippen LogP contribution in [0.5, 0.6) is 0 Å². The number of aromatic nitrogens is 2. The first kappa shape index (κ1) is 30.8. The first-order chi connectivity index (χ1) is 19.7. The number of amides is 2. The lowest BCUT2D eigenvalue weighted by molar-refractivity contribution is -0.156. The van der Waals surface area contributed by atoms with E-state index in [9.17, 15) is 40.7 Å². The highest BCUT2D eigenvalue weighted by Crippen LogP contribution is 2.32. The molecule has 16 heteroatoms. The van der Waals surface area contributed by atoms with Crippen molar-refractivity contribution in [2.24, 2.45) is 5.92 Å². The molecule has 0 unspecified atom stereocenters. The van der Waals surface area contributed by atoms with Crippen molar-refractivity contribution in [2.75, 3.05) is 55.6 Å². The van der Waals surface area contributed by atoms with Crippen molar-refractivity contribution < 1.29 is 45.8 Å². The Labute approximate surface area is 236 Å². The first-order valence-corrected chi connectivity index (χ1v) is 13.1. The average Bonchev–Trinajstić information content (AvgIpc) is 2.96. The number of piperidine rings is 1. The minimum atomic E-state index is -4.85. The number of hydrogen-bond acceptors (Lipinski definition) is 7. The highest BCUT2D eigenvalue weighted by atomic mass is 19.4. The first-order valence-electron chi connectivity index (χ1n) is 13.1. The lowest BCUT2D eigenvalue weighted by Gasteiger charge is -2.36. The number of halogens is 6. The van der Waals surface area contributed by atoms with Crippen molar-refractivity contribution in [3.8, 4) is 0 Å². The second kappa shape index (κ2) is 12.4. The van der Waals surface area contributed by atoms with Gasteiger partial charge in [-0.15, -0.1) is 0 Å². The fourth-order valence-electron chi connectivity index (χ4n) is 4.88. The van der Waals surface area contributed by atoms with Crippen LogP contribution < -0.4 is 15.1 Å². The Balaban J connectivity index is 1.40. The lowest BCUT2D eigenvalue weighted by Crippen LogP contribution is -2.51. The van der Waals surface area contributed by atoms with E-state index in [4.69, 9.17) is 5.11 Å². The quantitative estimate of drug-likeness (QED) is 0.383. The Hall–Kier alpha value is -4.11. The molecule has 2 aliphatic heterocycles. The van der Waals surface area contributed by atoms with E-state index in [1.165, 1.54) is 23.1 Å². The number of benzene rings is 1. The summed E-state index contributed by atoms with van der Waals surface area (Å²) < 4.78 is 79.3. The maximum atomic E-state index is 13.7. The maximum absolute atomic E-state index is 13.7. The van der Waals surface area contributed by atoms with E-state index in [1.54, 1.807) is 4.90 Å². The number of anilines is 2. The summed E-state index contributed by atoms with van der Waals surface area (Å²) in [6, 6.07) is 6.00. The molecule has 42 heavy (non-hydrogen) atoms. The normalized spacial score (nSPS) is 18.1. The van der Waals surface area contributed by atoms with Crippen LogP contribution in [-0.2, 0) is 33.2 Å². The standard InChI is InChI=1S/C26H28F6N6O4/c27-25(28,29)18-5-3-16(4-6-18)7-8-33-21(39)17-2-1-9-38(15-17)20-14-19(34-24(35-20)26(30,31)32)36-10-12-37(13-11-36)22(40)23(41)42/h3-6,14,17H,1-2,7-13,15H2,(H,33,39)(H,41,42)/t17-/m1/s1. The lowest BCUT2D eigenvalue weighted by atomic mass is 9.97. The van der Waals surface area contributed by atoms with Gasteiger partial charge in [0.1, 0.15) is 11.6 Å². The van der Waals surface area contributed by atoms with Gasteiger partial charge in [0.2, 0.25) is 11.7 Å². The number of carboxylic acid groups (broad SMARTS) is 1. The van der Waals surface area contributed by atoms with Gasteiger partial charge in [0, 0.05) is 51.9 Å². The SMILES string of the molecule is O=C(O)C(=O)N1CCN(c2cc(N3CCC[C@@H](C(=O)NCCc4ccc(C(F)(F)F)cc4)C3)nc(C(F)(F)F)n2)CC1. The van der Waals surface area contributed by atoms with Crippen LogP contribution >= 0.6 is 0 Å². The van der Waals surface area contributed by atoms with E-state index in [0.29, 0.717) is 31.4 Å². The predicted octanol–water partition coefficient (Wildman–Crippen LogP) is 2.82. The number of nitrogens with one attached hydrogen (secondary N) is 1. The Bertz CT molecular complexity index is 1300. The smallest absolute Gasteiger partial charge is 0.451 e. The van der Waals surface area contributed by atoms with Gasteiger partial charge in [0.05, 0.1) is 11.5 Å². The number of piperazine rings is 1. The van der Waals surface area contributed by atoms with Gasteiger partial charge in [-0.25, -0.2) is 14.8 Å². The number of carbonyl (C=O) groups excluding carboxylic acids is 2. The Morgan fingerprint density at radius 3 is 2.07 bits per heavy atom. The molecule has 10 nitrogen and oxygen atoms in total. The molecule has 3 heterocycles. The average molecular weight is 603 g/mol. The topological polar surface area (TPSA) is 119 Å². The van der Waals surface area contributed by atoms with E-state index >= 15 is 0 Å². The van der Waals surface area contributed by atoms with Gasteiger partial charge in [-0.2, -0.15) is 26.3 Å². The molecule has 0 radical (unpaired) electrons. The van der Waals surface area contributed by atoms with E-state index in [1.807, 2.05) is 0 Å². The van der Waals surface area contributed by atoms with Gasteiger partial charge in [0.25, 0.3) is 0 Å². The minimum Gasteiger partial charge on any atom is -0.474 e. The molecule has 2 fully saturated rings. The van der Waals surface area contributed by atoms with Gasteiger partial charge in [0.15, 0.2) is 0 Å². The van der Waals surface area contributed by atoms with Crippen molar-refractivity contribution in [1.82, 2.24) is 20.2 Å². The second-order valence-electron chi connectivity index (χ2n) is 10.0. The summed E-state index contributed by atoms with van der Waals surface area (Å²) in [4.78, 5) is 47.1. The third-order valence-corrected chi connectivity index (χ3v) is 7.14. The van der Waals surface area contributed by atoms with Crippen molar-refractivity contribution in [2.45, 2.75) is 31.6 Å². The number of carboxylic acids is 1. The Morgan fingerprint density at radius 1 is 0.881 bits per heavy atom. The molecule has 2 aliphatic rings. The van der Waals surface area contributed by atoms with Crippen molar-refractivity contribution >= 4 is 29.4 Å². The Kier molecular flexibility index (Phi) is 9.11. The van der Waals surface area contributed by atoms with Crippen LogP contribution in [0.2, 0.25) is 0 Å². The van der Waals surface area contributed by atoms with Gasteiger partial charge in [-0.1, -0.05) is 12.1 Å². The number of hydrogen-bond donors (Lipinski definition) is 2. The molecule has 0 spiro atoms. The molecule has 2 aromatic rings. The maximum Gasteiger partial charge on any atom is 0.451 e. The monoisotopic (exact) mass is 602 g/mol. The number of alkyl halides is 6. The molecule has 2 amide bonds. The zero-order valence-corrected chi connectivity index (χ0v) is 22.2. The van der Waals surface area contributed by atoms with Crippen LogP contribution in [0.15, 0.2) is 30.3 Å².